The van der Waals surface area contributed by atoms with Crippen molar-refractivity contribution in [1.29, 1.82) is 0 Å². The van der Waals surface area contributed by atoms with E-state index >= 15 is 0 Å². The van der Waals surface area contributed by atoms with Crippen LogP contribution in [-0.4, -0.2) is 32.2 Å². The average Bonchev–Trinajstić information content (AvgIpc) is 3.43. The third-order valence-corrected chi connectivity index (χ3v) is 3.52. The van der Waals surface area contributed by atoms with Crippen molar-refractivity contribution in [2.24, 2.45) is 0 Å². The molecule has 0 bridgehead atoms. The predicted octanol–water partition coefficient (Wildman–Crippen LogP) is 3.37. The van der Waals surface area contributed by atoms with Gasteiger partial charge in [-0.05, 0) is 48.0 Å². The van der Waals surface area contributed by atoms with Gasteiger partial charge in [0.05, 0.1) is 13.7 Å². The molecule has 0 unspecified atom stereocenters. The van der Waals surface area contributed by atoms with E-state index in [1.165, 1.54) is 0 Å². The zero-order valence-electron chi connectivity index (χ0n) is 12.9. The molecule has 1 aliphatic rings. The summed E-state index contributed by atoms with van der Waals surface area (Å²) >= 11 is 0. The summed E-state index contributed by atoms with van der Waals surface area (Å²) in [7, 11) is 1.62. The van der Waals surface area contributed by atoms with Gasteiger partial charge in [-0.3, -0.25) is 4.79 Å². The molecule has 1 aliphatic heterocycles. The second-order valence-electron chi connectivity index (χ2n) is 5.26. The third-order valence-electron chi connectivity index (χ3n) is 3.52. The molecule has 1 heterocycles. The van der Waals surface area contributed by atoms with Crippen LogP contribution in [0.4, 0.5) is 0 Å². The molecule has 1 saturated heterocycles. The van der Waals surface area contributed by atoms with E-state index in [9.17, 15) is 4.79 Å². The molecule has 2 aromatic carbocycles. The molecule has 0 aromatic heterocycles. The quantitative estimate of drug-likeness (QED) is 0.447. The number of carbonyl (C=O) groups excluding carboxylic acids is 1. The lowest BCUT2D eigenvalue weighted by Crippen LogP contribution is -2.04. The maximum absolute atomic E-state index is 12.2. The summed E-state index contributed by atoms with van der Waals surface area (Å²) in [5, 5.41) is 0. The topological polar surface area (TPSA) is 48.1 Å². The van der Waals surface area contributed by atoms with Crippen LogP contribution >= 0.6 is 0 Å². The summed E-state index contributed by atoms with van der Waals surface area (Å²) < 4.78 is 15.7. The van der Waals surface area contributed by atoms with E-state index in [0.29, 0.717) is 12.2 Å². The molecule has 4 nitrogen and oxygen atoms in total. The van der Waals surface area contributed by atoms with Gasteiger partial charge >= 0.3 is 0 Å². The Morgan fingerprint density at radius 1 is 1.13 bits per heavy atom. The number of epoxide rings is 1. The molecule has 0 amide bonds. The molecule has 1 fully saturated rings. The van der Waals surface area contributed by atoms with E-state index in [1.54, 1.807) is 43.5 Å². The van der Waals surface area contributed by atoms with Gasteiger partial charge in [-0.1, -0.05) is 18.2 Å². The second kappa shape index (κ2) is 7.11. The van der Waals surface area contributed by atoms with Gasteiger partial charge in [0, 0.05) is 5.56 Å². The highest BCUT2D eigenvalue weighted by atomic mass is 16.6. The molecule has 0 N–H and O–H groups in total. The Morgan fingerprint density at radius 3 is 2.39 bits per heavy atom. The number of rotatable bonds is 7. The lowest BCUT2D eigenvalue weighted by Gasteiger charge is -2.04. The van der Waals surface area contributed by atoms with E-state index in [2.05, 4.69) is 0 Å². The van der Waals surface area contributed by atoms with Gasteiger partial charge in [0.2, 0.25) is 0 Å². The fraction of sp³-hybridized carbons (Fsp3) is 0.211. The predicted molar refractivity (Wildman–Crippen MR) is 88.0 cm³/mol. The Balaban J connectivity index is 1.58. The van der Waals surface area contributed by atoms with Gasteiger partial charge in [-0.2, -0.15) is 0 Å². The van der Waals surface area contributed by atoms with Crippen LogP contribution in [0.15, 0.2) is 54.6 Å². The molecule has 0 aliphatic carbocycles. The zero-order chi connectivity index (χ0) is 16.1. The largest absolute Gasteiger partial charge is 0.497 e. The van der Waals surface area contributed by atoms with E-state index < -0.39 is 0 Å². The Kier molecular flexibility index (Phi) is 4.74. The van der Waals surface area contributed by atoms with Crippen LogP contribution in [0.2, 0.25) is 0 Å². The summed E-state index contributed by atoms with van der Waals surface area (Å²) in [5.74, 6) is 1.50. The first-order valence-corrected chi connectivity index (χ1v) is 7.45. The average molecular weight is 310 g/mol. The highest BCUT2D eigenvalue weighted by Gasteiger charge is 2.22. The van der Waals surface area contributed by atoms with Crippen molar-refractivity contribution >= 4 is 11.9 Å². The first-order chi connectivity index (χ1) is 11.2. The van der Waals surface area contributed by atoms with Gasteiger partial charge in [0.1, 0.15) is 24.2 Å². The number of ketones is 1. The zero-order valence-corrected chi connectivity index (χ0v) is 12.9. The van der Waals surface area contributed by atoms with Gasteiger partial charge in [0.15, 0.2) is 5.78 Å². The van der Waals surface area contributed by atoms with Crippen molar-refractivity contribution in [3.63, 3.8) is 0 Å². The molecule has 118 valence electrons. The highest BCUT2D eigenvalue weighted by Crippen LogP contribution is 2.17. The minimum absolute atomic E-state index is 0.0436. The molecule has 2 aromatic rings. The standard InChI is InChI=1S/C19H18O4/c1-21-16-7-2-14(3-8-16)4-11-19(20)15-5-9-17(10-6-15)22-12-18-13-23-18/h2-11,18H,12-13H2,1H3/b11-4+/t18-/m1/s1. The maximum atomic E-state index is 12.2. The monoisotopic (exact) mass is 310 g/mol. The number of ether oxygens (including phenoxy) is 3. The summed E-state index contributed by atoms with van der Waals surface area (Å²) in [6.07, 6.45) is 3.58. The Hall–Kier alpha value is -2.59. The number of hydrogen-bond acceptors (Lipinski definition) is 4. The van der Waals surface area contributed by atoms with Crippen LogP contribution < -0.4 is 9.47 Å². The molecule has 1 atom stereocenters. The van der Waals surface area contributed by atoms with E-state index in [4.69, 9.17) is 14.2 Å². The minimum atomic E-state index is -0.0436. The second-order valence-corrected chi connectivity index (χ2v) is 5.26. The fourth-order valence-corrected chi connectivity index (χ4v) is 2.05. The van der Waals surface area contributed by atoms with Crippen molar-refractivity contribution in [1.82, 2.24) is 0 Å². The number of benzene rings is 2. The van der Waals surface area contributed by atoms with Crippen LogP contribution in [0, 0.1) is 0 Å². The van der Waals surface area contributed by atoms with Crippen LogP contribution in [-0.2, 0) is 4.74 Å². The van der Waals surface area contributed by atoms with Gasteiger partial charge in [0.25, 0.3) is 0 Å². The van der Waals surface area contributed by atoms with Crippen LogP contribution in [0.3, 0.4) is 0 Å². The third kappa shape index (κ3) is 4.44. The van der Waals surface area contributed by atoms with Crippen molar-refractivity contribution in [3.8, 4) is 11.5 Å². The summed E-state index contributed by atoms with van der Waals surface area (Å²) in [6, 6.07) is 14.7. The Bertz CT molecular complexity index is 682. The highest BCUT2D eigenvalue weighted by molar-refractivity contribution is 6.06. The summed E-state index contributed by atoms with van der Waals surface area (Å²) in [5.41, 5.74) is 1.58. The molecule has 0 spiro atoms. The fourth-order valence-electron chi connectivity index (χ4n) is 2.05. The van der Waals surface area contributed by atoms with Crippen molar-refractivity contribution in [3.05, 3.63) is 65.7 Å². The number of allylic oxidation sites excluding steroid dienone is 1. The van der Waals surface area contributed by atoms with Gasteiger partial charge in [-0.25, -0.2) is 0 Å². The van der Waals surface area contributed by atoms with Crippen molar-refractivity contribution < 1.29 is 19.0 Å². The molecule has 0 radical (unpaired) electrons. The van der Waals surface area contributed by atoms with E-state index in [1.807, 2.05) is 24.3 Å². The number of methoxy groups -OCH3 is 1. The van der Waals surface area contributed by atoms with Crippen molar-refractivity contribution in [2.45, 2.75) is 6.10 Å². The van der Waals surface area contributed by atoms with Crippen LogP contribution in [0.1, 0.15) is 15.9 Å². The van der Waals surface area contributed by atoms with Crippen LogP contribution in [0.25, 0.3) is 6.08 Å². The lowest BCUT2D eigenvalue weighted by atomic mass is 10.1. The normalized spacial score (nSPS) is 16.3. The number of hydrogen-bond donors (Lipinski definition) is 0. The molecular formula is C19H18O4. The molecule has 3 rings (SSSR count). The van der Waals surface area contributed by atoms with Crippen LogP contribution in [0.5, 0.6) is 11.5 Å². The smallest absolute Gasteiger partial charge is 0.185 e. The minimum Gasteiger partial charge on any atom is -0.497 e. The maximum Gasteiger partial charge on any atom is 0.185 e. The Morgan fingerprint density at radius 2 is 1.78 bits per heavy atom. The van der Waals surface area contributed by atoms with Gasteiger partial charge in [-0.15, -0.1) is 0 Å². The number of carbonyl (C=O) groups is 1. The first kappa shape index (κ1) is 15.3. The molecule has 4 heteroatoms. The first-order valence-electron chi connectivity index (χ1n) is 7.45. The lowest BCUT2D eigenvalue weighted by molar-refractivity contribution is 0.104. The van der Waals surface area contributed by atoms with Crippen molar-refractivity contribution in [2.75, 3.05) is 20.3 Å². The molecule has 23 heavy (non-hydrogen) atoms. The Labute approximate surface area is 135 Å². The summed E-state index contributed by atoms with van der Waals surface area (Å²) in [4.78, 5) is 12.2. The SMILES string of the molecule is COc1ccc(/C=C/C(=O)c2ccc(OC[C@@H]3CO3)cc2)cc1. The molecular weight excluding hydrogens is 292 g/mol. The summed E-state index contributed by atoms with van der Waals surface area (Å²) in [6.45, 7) is 1.33. The van der Waals surface area contributed by atoms with Gasteiger partial charge < -0.3 is 14.2 Å². The van der Waals surface area contributed by atoms with E-state index in [0.717, 1.165) is 23.7 Å². The molecule has 0 saturated carbocycles. The van der Waals surface area contributed by atoms with E-state index in [-0.39, 0.29) is 11.9 Å².